The molecular weight excluding hydrogens is 388 g/mol. The van der Waals surface area contributed by atoms with Crippen LogP contribution < -0.4 is 11.0 Å². The quantitative estimate of drug-likeness (QED) is 0.458. The number of rotatable bonds is 6. The van der Waals surface area contributed by atoms with E-state index in [1.54, 1.807) is 6.07 Å². The summed E-state index contributed by atoms with van der Waals surface area (Å²) in [6.45, 7) is -0.721. The van der Waals surface area contributed by atoms with Gasteiger partial charge in [-0.2, -0.15) is 4.98 Å². The maximum absolute atomic E-state index is 12.2. The zero-order valence-corrected chi connectivity index (χ0v) is 15.0. The standard InChI is InChI=1S/C17H18N4O8/c22-8-13-12(23)7-15(29-13)20-6-5-14(18-16(20)24)19-17(25)28-9-10-3-1-2-4-11(10)21(26)27/h1-6,12-13,15,22-23H,7-9H2,(H,18,19,24,25)/t12-,13+,15+/m0/s1. The minimum absolute atomic E-state index is 0.0870. The van der Waals surface area contributed by atoms with Crippen LogP contribution in [-0.4, -0.2) is 49.6 Å². The van der Waals surface area contributed by atoms with E-state index in [9.17, 15) is 24.8 Å². The fourth-order valence-electron chi connectivity index (χ4n) is 2.85. The van der Waals surface area contributed by atoms with Gasteiger partial charge in [0.25, 0.3) is 5.69 Å². The van der Waals surface area contributed by atoms with Gasteiger partial charge in [-0.05, 0) is 12.1 Å². The number of nitro benzene ring substituents is 1. The van der Waals surface area contributed by atoms with Crippen LogP contribution in [0.1, 0.15) is 18.2 Å². The third-order valence-electron chi connectivity index (χ3n) is 4.30. The Bertz CT molecular complexity index is 962. The van der Waals surface area contributed by atoms with Crippen molar-refractivity contribution in [2.24, 2.45) is 0 Å². The van der Waals surface area contributed by atoms with Crippen molar-refractivity contribution in [1.29, 1.82) is 0 Å². The lowest BCUT2D eigenvalue weighted by Gasteiger charge is -2.14. The Morgan fingerprint density at radius 1 is 1.41 bits per heavy atom. The van der Waals surface area contributed by atoms with Crippen LogP contribution in [0.4, 0.5) is 16.3 Å². The van der Waals surface area contributed by atoms with Crippen molar-refractivity contribution in [3.63, 3.8) is 0 Å². The highest BCUT2D eigenvalue weighted by Gasteiger charge is 2.35. The number of nitro groups is 1. The highest BCUT2D eigenvalue weighted by Crippen LogP contribution is 2.27. The fraction of sp³-hybridized carbons (Fsp3) is 0.353. The molecule has 0 unspecified atom stereocenters. The van der Waals surface area contributed by atoms with Crippen LogP contribution in [-0.2, 0) is 16.1 Å². The molecule has 2 heterocycles. The molecule has 12 nitrogen and oxygen atoms in total. The van der Waals surface area contributed by atoms with E-state index in [1.165, 1.54) is 30.5 Å². The number of benzene rings is 1. The molecule has 1 aromatic heterocycles. The Labute approximate surface area is 163 Å². The lowest BCUT2D eigenvalue weighted by atomic mass is 10.2. The number of hydrogen-bond donors (Lipinski definition) is 3. The van der Waals surface area contributed by atoms with Gasteiger partial charge >= 0.3 is 11.8 Å². The lowest BCUT2D eigenvalue weighted by Crippen LogP contribution is -2.28. The van der Waals surface area contributed by atoms with E-state index < -0.39 is 35.1 Å². The molecule has 0 radical (unpaired) electrons. The van der Waals surface area contributed by atoms with Crippen LogP contribution in [0.3, 0.4) is 0 Å². The van der Waals surface area contributed by atoms with Gasteiger partial charge in [-0.25, -0.2) is 9.59 Å². The Balaban J connectivity index is 1.61. The monoisotopic (exact) mass is 406 g/mol. The number of carbonyl (C=O) groups excluding carboxylic acids is 1. The lowest BCUT2D eigenvalue weighted by molar-refractivity contribution is -0.385. The molecule has 3 N–H and O–H groups in total. The van der Waals surface area contributed by atoms with Gasteiger partial charge in [-0.15, -0.1) is 0 Å². The largest absolute Gasteiger partial charge is 0.444 e. The minimum atomic E-state index is -0.944. The molecule has 1 aromatic carbocycles. The molecule has 1 saturated heterocycles. The summed E-state index contributed by atoms with van der Waals surface area (Å²) >= 11 is 0. The summed E-state index contributed by atoms with van der Waals surface area (Å²) in [5.74, 6) is -0.0870. The molecule has 1 fully saturated rings. The summed E-state index contributed by atoms with van der Waals surface area (Å²) in [6, 6.07) is 7.15. The summed E-state index contributed by atoms with van der Waals surface area (Å²) in [4.78, 5) is 38.2. The maximum atomic E-state index is 12.2. The van der Waals surface area contributed by atoms with Crippen molar-refractivity contribution in [3.8, 4) is 0 Å². The van der Waals surface area contributed by atoms with Crippen LogP contribution in [0.25, 0.3) is 0 Å². The van der Waals surface area contributed by atoms with Crippen LogP contribution >= 0.6 is 0 Å². The second-order valence-electron chi connectivity index (χ2n) is 6.20. The molecular formula is C17H18N4O8. The first-order chi connectivity index (χ1) is 13.9. The van der Waals surface area contributed by atoms with Crippen molar-refractivity contribution in [2.45, 2.75) is 31.5 Å². The minimum Gasteiger partial charge on any atom is -0.444 e. The first kappa shape index (κ1) is 20.4. The first-order valence-electron chi connectivity index (χ1n) is 8.58. The Morgan fingerprint density at radius 2 is 2.17 bits per heavy atom. The summed E-state index contributed by atoms with van der Waals surface area (Å²) < 4.78 is 11.5. The van der Waals surface area contributed by atoms with Crippen molar-refractivity contribution in [3.05, 3.63) is 62.7 Å². The van der Waals surface area contributed by atoms with E-state index in [4.69, 9.17) is 14.6 Å². The number of carbonyl (C=O) groups is 1. The Hall–Kier alpha value is -3.35. The maximum Gasteiger partial charge on any atom is 0.413 e. The average Bonchev–Trinajstić information content (AvgIpc) is 3.07. The van der Waals surface area contributed by atoms with Gasteiger partial charge in [0, 0.05) is 18.7 Å². The Morgan fingerprint density at radius 3 is 2.83 bits per heavy atom. The van der Waals surface area contributed by atoms with Gasteiger partial charge in [0.15, 0.2) is 0 Å². The highest BCUT2D eigenvalue weighted by atomic mass is 16.6. The molecule has 1 amide bonds. The molecule has 0 spiro atoms. The zero-order valence-electron chi connectivity index (χ0n) is 15.0. The number of hydrogen-bond acceptors (Lipinski definition) is 9. The second-order valence-corrected chi connectivity index (χ2v) is 6.20. The molecule has 1 aliphatic heterocycles. The number of aliphatic hydroxyl groups excluding tert-OH is 2. The van der Waals surface area contributed by atoms with Gasteiger partial charge in [0.2, 0.25) is 0 Å². The van der Waals surface area contributed by atoms with Gasteiger partial charge in [0.1, 0.15) is 24.8 Å². The molecule has 0 saturated carbocycles. The highest BCUT2D eigenvalue weighted by molar-refractivity contribution is 5.83. The summed E-state index contributed by atoms with van der Waals surface area (Å²) in [5.41, 5.74) is -0.704. The third kappa shape index (κ3) is 4.74. The van der Waals surface area contributed by atoms with Crippen LogP contribution in [0.15, 0.2) is 41.3 Å². The third-order valence-corrected chi connectivity index (χ3v) is 4.30. The predicted octanol–water partition coefficient (Wildman–Crippen LogP) is 0.541. The van der Waals surface area contributed by atoms with Crippen molar-refractivity contribution >= 4 is 17.6 Å². The van der Waals surface area contributed by atoms with Crippen molar-refractivity contribution in [2.75, 3.05) is 11.9 Å². The van der Waals surface area contributed by atoms with Gasteiger partial charge < -0.3 is 19.7 Å². The molecule has 0 bridgehead atoms. The van der Waals surface area contributed by atoms with Crippen molar-refractivity contribution in [1.82, 2.24) is 9.55 Å². The summed E-state index contributed by atoms with van der Waals surface area (Å²) in [5, 5.41) is 32.1. The fourth-order valence-corrected chi connectivity index (χ4v) is 2.85. The first-order valence-corrected chi connectivity index (χ1v) is 8.58. The number of aliphatic hydroxyl groups is 2. The Kier molecular flexibility index (Phi) is 6.16. The normalized spacial score (nSPS) is 21.0. The van der Waals surface area contributed by atoms with Crippen molar-refractivity contribution < 1.29 is 29.4 Å². The number of para-hydroxylation sites is 1. The number of ether oxygens (including phenoxy) is 2. The molecule has 2 aromatic rings. The summed E-state index contributed by atoms with van der Waals surface area (Å²) in [6.07, 6.45) is -2.00. The van der Waals surface area contributed by atoms with Crippen LogP contribution in [0.2, 0.25) is 0 Å². The van der Waals surface area contributed by atoms with Gasteiger partial charge in [-0.1, -0.05) is 12.1 Å². The zero-order chi connectivity index (χ0) is 21.0. The second kappa shape index (κ2) is 8.77. The van der Waals surface area contributed by atoms with E-state index in [1.807, 2.05) is 0 Å². The molecule has 3 atom stereocenters. The SMILES string of the molecule is O=C(Nc1ccn([C@H]2C[C@H](O)[C@@H](CO)O2)c(=O)n1)OCc1ccccc1[N+](=O)[O-]. The topological polar surface area (TPSA) is 166 Å². The van der Waals surface area contributed by atoms with E-state index in [2.05, 4.69) is 10.3 Å². The van der Waals surface area contributed by atoms with Crippen LogP contribution in [0.5, 0.6) is 0 Å². The van der Waals surface area contributed by atoms with E-state index >= 15 is 0 Å². The number of amides is 1. The molecule has 12 heteroatoms. The molecule has 154 valence electrons. The van der Waals surface area contributed by atoms with Crippen LogP contribution in [0, 0.1) is 10.1 Å². The number of nitrogens with one attached hydrogen (secondary N) is 1. The number of nitrogens with zero attached hydrogens (tertiary/aromatic N) is 3. The average molecular weight is 406 g/mol. The number of anilines is 1. The van der Waals surface area contributed by atoms with Gasteiger partial charge in [-0.3, -0.25) is 20.0 Å². The van der Waals surface area contributed by atoms with E-state index in [-0.39, 0.29) is 36.7 Å². The molecule has 29 heavy (non-hydrogen) atoms. The van der Waals surface area contributed by atoms with Gasteiger partial charge in [0.05, 0.1) is 23.2 Å². The predicted molar refractivity (Wildman–Crippen MR) is 97.0 cm³/mol. The number of aromatic nitrogens is 2. The summed E-state index contributed by atoms with van der Waals surface area (Å²) in [7, 11) is 0. The van der Waals surface area contributed by atoms with E-state index in [0.29, 0.717) is 0 Å². The molecule has 3 rings (SSSR count). The molecule has 0 aliphatic carbocycles. The van der Waals surface area contributed by atoms with E-state index in [0.717, 1.165) is 4.57 Å². The molecule has 1 aliphatic rings. The smallest absolute Gasteiger partial charge is 0.413 e.